The van der Waals surface area contributed by atoms with Gasteiger partial charge < -0.3 is 5.32 Å². The number of nitrogens with one attached hydrogen (secondary N) is 2. The zero-order chi connectivity index (χ0) is 15.5. The van der Waals surface area contributed by atoms with Crippen LogP contribution in [0.1, 0.15) is 18.5 Å². The van der Waals surface area contributed by atoms with E-state index in [9.17, 15) is 0 Å². The number of aromatic amines is 1. The van der Waals surface area contributed by atoms with Crippen LogP contribution in [0.3, 0.4) is 0 Å². The lowest BCUT2D eigenvalue weighted by Gasteiger charge is -2.33. The van der Waals surface area contributed by atoms with Crippen molar-refractivity contribution in [3.8, 4) is 0 Å². The molecule has 0 amide bonds. The van der Waals surface area contributed by atoms with Crippen molar-refractivity contribution in [2.24, 2.45) is 0 Å². The summed E-state index contributed by atoms with van der Waals surface area (Å²) in [5.74, 6) is 0. The van der Waals surface area contributed by atoms with Crippen molar-refractivity contribution in [3.05, 3.63) is 54.5 Å². The first-order valence-electron chi connectivity index (χ1n) is 8.19. The number of rotatable bonds is 4. The number of H-pyrrole nitrogens is 1. The lowest BCUT2D eigenvalue weighted by molar-refractivity contribution is 0.206. The summed E-state index contributed by atoms with van der Waals surface area (Å²) in [6, 6.07) is 13.0. The maximum absolute atomic E-state index is 4.44. The van der Waals surface area contributed by atoms with Crippen LogP contribution >= 0.6 is 0 Å². The van der Waals surface area contributed by atoms with E-state index < -0.39 is 0 Å². The molecule has 2 aromatic heterocycles. The van der Waals surface area contributed by atoms with Crippen molar-refractivity contribution in [2.45, 2.75) is 25.4 Å². The van der Waals surface area contributed by atoms with Crippen LogP contribution in [0.25, 0.3) is 10.9 Å². The van der Waals surface area contributed by atoms with E-state index in [-0.39, 0.29) is 0 Å². The van der Waals surface area contributed by atoms with Crippen molar-refractivity contribution in [1.29, 1.82) is 0 Å². The molecule has 0 radical (unpaired) electrons. The minimum atomic E-state index is 0.483. The van der Waals surface area contributed by atoms with Gasteiger partial charge in [-0.05, 0) is 49.7 Å². The summed E-state index contributed by atoms with van der Waals surface area (Å²) in [7, 11) is 0. The minimum Gasteiger partial charge on any atom is -0.381 e. The van der Waals surface area contributed by atoms with Gasteiger partial charge in [0.2, 0.25) is 0 Å². The van der Waals surface area contributed by atoms with Crippen LogP contribution in [-0.4, -0.2) is 39.2 Å². The number of pyridine rings is 1. The highest BCUT2D eigenvalue weighted by Crippen LogP contribution is 2.21. The summed E-state index contributed by atoms with van der Waals surface area (Å²) in [4.78, 5) is 6.92. The zero-order valence-electron chi connectivity index (χ0n) is 13.1. The molecule has 3 aromatic rings. The number of likely N-dealkylation sites (tertiary alicyclic amines) is 1. The molecule has 1 unspecified atom stereocenters. The van der Waals surface area contributed by atoms with E-state index in [4.69, 9.17) is 0 Å². The summed E-state index contributed by atoms with van der Waals surface area (Å²) in [6.45, 7) is 3.13. The highest BCUT2D eigenvalue weighted by Gasteiger charge is 2.20. The standard InChI is InChI=1S/C18H21N5/c1-2-8-19-16(4-1)12-23-9-3-5-17(13-23)21-15-6-7-18-14(10-15)11-20-22-18/h1-2,4,6-8,10-11,17,21H,3,5,9,12-13H2,(H,20,22). The predicted octanol–water partition coefficient (Wildman–Crippen LogP) is 3.03. The first kappa shape index (κ1) is 14.2. The second kappa shape index (κ2) is 6.38. The van der Waals surface area contributed by atoms with Gasteiger partial charge in [0.1, 0.15) is 0 Å². The Morgan fingerprint density at radius 1 is 1.26 bits per heavy atom. The average molecular weight is 307 g/mol. The van der Waals surface area contributed by atoms with E-state index in [1.54, 1.807) is 0 Å². The molecule has 1 atom stereocenters. The fourth-order valence-corrected chi connectivity index (χ4v) is 3.31. The van der Waals surface area contributed by atoms with Crippen molar-refractivity contribution < 1.29 is 0 Å². The normalized spacial score (nSPS) is 19.0. The molecule has 5 heteroatoms. The van der Waals surface area contributed by atoms with Crippen molar-refractivity contribution in [1.82, 2.24) is 20.1 Å². The molecule has 1 aromatic carbocycles. The minimum absolute atomic E-state index is 0.483. The fourth-order valence-electron chi connectivity index (χ4n) is 3.31. The molecule has 0 saturated carbocycles. The summed E-state index contributed by atoms with van der Waals surface area (Å²) in [6.07, 6.45) is 6.17. The van der Waals surface area contributed by atoms with Crippen LogP contribution in [0.15, 0.2) is 48.8 Å². The first-order chi connectivity index (χ1) is 11.4. The molecule has 1 aliphatic heterocycles. The van der Waals surface area contributed by atoms with Crippen LogP contribution in [0.2, 0.25) is 0 Å². The van der Waals surface area contributed by atoms with Crippen LogP contribution in [-0.2, 0) is 6.54 Å². The Bertz CT molecular complexity index is 767. The molecule has 1 fully saturated rings. The zero-order valence-corrected chi connectivity index (χ0v) is 13.1. The van der Waals surface area contributed by atoms with Gasteiger partial charge in [-0.1, -0.05) is 6.07 Å². The maximum Gasteiger partial charge on any atom is 0.0651 e. The highest BCUT2D eigenvalue weighted by atomic mass is 15.2. The largest absolute Gasteiger partial charge is 0.381 e. The number of hydrogen-bond acceptors (Lipinski definition) is 4. The molecule has 0 bridgehead atoms. The van der Waals surface area contributed by atoms with E-state index in [2.05, 4.69) is 55.7 Å². The summed E-state index contributed by atoms with van der Waals surface area (Å²) in [5.41, 5.74) is 3.40. The van der Waals surface area contributed by atoms with Gasteiger partial charge >= 0.3 is 0 Å². The van der Waals surface area contributed by atoms with Crippen molar-refractivity contribution in [2.75, 3.05) is 18.4 Å². The number of nitrogens with zero attached hydrogens (tertiary/aromatic N) is 3. The third-order valence-electron chi connectivity index (χ3n) is 4.43. The van der Waals surface area contributed by atoms with Gasteiger partial charge in [-0.3, -0.25) is 15.0 Å². The van der Waals surface area contributed by atoms with Crippen molar-refractivity contribution in [3.63, 3.8) is 0 Å². The Hall–Kier alpha value is -2.40. The molecule has 4 rings (SSSR count). The molecule has 3 heterocycles. The third-order valence-corrected chi connectivity index (χ3v) is 4.43. The SMILES string of the molecule is c1ccc(CN2CCCC(Nc3ccc4[nH]ncc4c3)C2)nc1. The summed E-state index contributed by atoms with van der Waals surface area (Å²) < 4.78 is 0. The predicted molar refractivity (Wildman–Crippen MR) is 92.3 cm³/mol. The average Bonchev–Trinajstić information content (AvgIpc) is 3.04. The number of benzene rings is 1. The van der Waals surface area contributed by atoms with Crippen LogP contribution in [0, 0.1) is 0 Å². The van der Waals surface area contributed by atoms with Crippen LogP contribution < -0.4 is 5.32 Å². The second-order valence-corrected chi connectivity index (χ2v) is 6.21. The Kier molecular flexibility index (Phi) is 3.94. The van der Waals surface area contributed by atoms with Crippen LogP contribution in [0.4, 0.5) is 5.69 Å². The number of hydrogen-bond donors (Lipinski definition) is 2. The second-order valence-electron chi connectivity index (χ2n) is 6.21. The smallest absolute Gasteiger partial charge is 0.0651 e. The molecule has 2 N–H and O–H groups in total. The van der Waals surface area contributed by atoms with Gasteiger partial charge in [0.15, 0.2) is 0 Å². The monoisotopic (exact) mass is 307 g/mol. The number of anilines is 1. The molecule has 1 aliphatic rings. The molecule has 1 saturated heterocycles. The van der Waals surface area contributed by atoms with E-state index in [1.807, 2.05) is 18.5 Å². The summed E-state index contributed by atoms with van der Waals surface area (Å²) >= 11 is 0. The number of fused-ring (bicyclic) bond motifs is 1. The molecule has 23 heavy (non-hydrogen) atoms. The quantitative estimate of drug-likeness (QED) is 0.778. The van der Waals surface area contributed by atoms with Gasteiger partial charge in [-0.2, -0.15) is 5.10 Å². The Morgan fingerprint density at radius 3 is 3.17 bits per heavy atom. The molecular formula is C18H21N5. The van der Waals surface area contributed by atoms with Gasteiger partial charge in [0.25, 0.3) is 0 Å². The van der Waals surface area contributed by atoms with Gasteiger partial charge in [-0.25, -0.2) is 0 Å². The summed E-state index contributed by atoms with van der Waals surface area (Å²) in [5, 5.41) is 11.9. The number of piperidine rings is 1. The molecular weight excluding hydrogens is 286 g/mol. The Labute approximate surface area is 135 Å². The molecule has 0 spiro atoms. The maximum atomic E-state index is 4.44. The van der Waals surface area contributed by atoms with Gasteiger partial charge in [-0.15, -0.1) is 0 Å². The topological polar surface area (TPSA) is 56.8 Å². The van der Waals surface area contributed by atoms with E-state index in [0.29, 0.717) is 6.04 Å². The van der Waals surface area contributed by atoms with E-state index in [1.165, 1.54) is 18.5 Å². The Balaban J connectivity index is 1.40. The Morgan fingerprint density at radius 2 is 2.26 bits per heavy atom. The van der Waals surface area contributed by atoms with Gasteiger partial charge in [0, 0.05) is 36.4 Å². The van der Waals surface area contributed by atoms with Gasteiger partial charge in [0.05, 0.1) is 17.4 Å². The fraction of sp³-hybridized carbons (Fsp3) is 0.333. The third kappa shape index (κ3) is 3.35. The number of aromatic nitrogens is 3. The lowest BCUT2D eigenvalue weighted by atomic mass is 10.0. The highest BCUT2D eigenvalue weighted by molar-refractivity contribution is 5.81. The first-order valence-corrected chi connectivity index (χ1v) is 8.19. The van der Waals surface area contributed by atoms with E-state index >= 15 is 0 Å². The molecule has 118 valence electrons. The van der Waals surface area contributed by atoms with E-state index in [0.717, 1.165) is 36.2 Å². The van der Waals surface area contributed by atoms with Crippen LogP contribution in [0.5, 0.6) is 0 Å². The van der Waals surface area contributed by atoms with Crippen molar-refractivity contribution >= 4 is 16.6 Å². The molecule has 5 nitrogen and oxygen atoms in total. The molecule has 0 aliphatic carbocycles. The lowest BCUT2D eigenvalue weighted by Crippen LogP contribution is -2.41.